The Morgan fingerprint density at radius 2 is 1.92 bits per heavy atom. The molecular formula is C19H20FNO4S. The predicted octanol–water partition coefficient (Wildman–Crippen LogP) is 3.31. The third-order valence-electron chi connectivity index (χ3n) is 4.29. The third-order valence-corrected chi connectivity index (χ3v) is 6.47. The Hall–Kier alpha value is -2.41. The van der Waals surface area contributed by atoms with E-state index < -0.39 is 21.0 Å². The number of nitrogens with one attached hydrogen (secondary N) is 1. The molecule has 0 radical (unpaired) electrons. The van der Waals surface area contributed by atoms with Gasteiger partial charge in [0.2, 0.25) is 5.91 Å². The molecule has 0 aliphatic carbocycles. The Morgan fingerprint density at radius 1 is 1.15 bits per heavy atom. The highest BCUT2D eigenvalue weighted by Crippen LogP contribution is 2.23. The lowest BCUT2D eigenvalue weighted by Crippen LogP contribution is -2.39. The zero-order chi connectivity index (χ0) is 18.6. The van der Waals surface area contributed by atoms with Crippen LogP contribution in [0.3, 0.4) is 0 Å². The summed E-state index contributed by atoms with van der Waals surface area (Å²) in [5.41, 5.74) is 1.29. The molecule has 0 aromatic heterocycles. The maximum Gasteiger partial charge on any atom is 0.242 e. The highest BCUT2D eigenvalue weighted by atomic mass is 32.2. The van der Waals surface area contributed by atoms with Crippen LogP contribution in [0.1, 0.15) is 24.8 Å². The van der Waals surface area contributed by atoms with Crippen LogP contribution in [-0.2, 0) is 21.2 Å². The SMILES string of the molecule is O=C(Nc1cccc(OCc2ccc(F)cc2)c1)[C@H]1CCCCS1(=O)=O. The van der Waals surface area contributed by atoms with Gasteiger partial charge in [-0.05, 0) is 42.7 Å². The Morgan fingerprint density at radius 3 is 2.65 bits per heavy atom. The summed E-state index contributed by atoms with van der Waals surface area (Å²) in [6, 6.07) is 12.8. The summed E-state index contributed by atoms with van der Waals surface area (Å²) in [7, 11) is -3.38. The van der Waals surface area contributed by atoms with Crippen molar-refractivity contribution in [3.8, 4) is 5.75 Å². The molecule has 1 fully saturated rings. The molecule has 1 heterocycles. The van der Waals surface area contributed by atoms with Crippen molar-refractivity contribution in [2.45, 2.75) is 31.1 Å². The van der Waals surface area contributed by atoms with Crippen LogP contribution in [-0.4, -0.2) is 25.3 Å². The molecule has 1 aliphatic heterocycles. The summed E-state index contributed by atoms with van der Waals surface area (Å²) < 4.78 is 42.7. The van der Waals surface area contributed by atoms with Gasteiger partial charge >= 0.3 is 0 Å². The van der Waals surface area contributed by atoms with Crippen LogP contribution >= 0.6 is 0 Å². The number of sulfone groups is 1. The normalized spacial score (nSPS) is 18.9. The molecule has 0 spiro atoms. The molecule has 1 N–H and O–H groups in total. The maximum atomic E-state index is 12.9. The van der Waals surface area contributed by atoms with Crippen molar-refractivity contribution < 1.29 is 22.3 Å². The first kappa shape index (κ1) is 18.4. The van der Waals surface area contributed by atoms with Crippen molar-refractivity contribution in [3.05, 3.63) is 59.9 Å². The van der Waals surface area contributed by atoms with E-state index in [-0.39, 0.29) is 18.2 Å². The molecule has 1 atom stereocenters. The molecule has 26 heavy (non-hydrogen) atoms. The lowest BCUT2D eigenvalue weighted by Gasteiger charge is -2.21. The Labute approximate surface area is 152 Å². The molecule has 1 saturated heterocycles. The van der Waals surface area contributed by atoms with Crippen molar-refractivity contribution in [1.29, 1.82) is 0 Å². The van der Waals surface area contributed by atoms with Crippen molar-refractivity contribution in [3.63, 3.8) is 0 Å². The minimum absolute atomic E-state index is 0.0614. The van der Waals surface area contributed by atoms with Crippen molar-refractivity contribution in [2.75, 3.05) is 11.1 Å². The van der Waals surface area contributed by atoms with Crippen molar-refractivity contribution >= 4 is 21.4 Å². The minimum Gasteiger partial charge on any atom is -0.489 e. The molecule has 2 aromatic rings. The molecule has 1 amide bonds. The van der Waals surface area contributed by atoms with Crippen LogP contribution in [0, 0.1) is 5.82 Å². The van der Waals surface area contributed by atoms with Crippen LogP contribution in [0.25, 0.3) is 0 Å². The van der Waals surface area contributed by atoms with E-state index in [1.807, 2.05) is 0 Å². The van der Waals surface area contributed by atoms with Gasteiger partial charge in [0.05, 0.1) is 5.75 Å². The van der Waals surface area contributed by atoms with Gasteiger partial charge in [-0.3, -0.25) is 4.79 Å². The first-order valence-electron chi connectivity index (χ1n) is 8.44. The minimum atomic E-state index is -3.38. The van der Waals surface area contributed by atoms with Crippen molar-refractivity contribution in [1.82, 2.24) is 0 Å². The number of anilines is 1. The Kier molecular flexibility index (Phi) is 5.56. The standard InChI is InChI=1S/C19H20FNO4S/c20-15-9-7-14(8-10-15)13-25-17-5-3-4-16(12-17)21-19(22)18-6-1-2-11-26(18,23)24/h3-5,7-10,12,18H,1-2,6,11,13H2,(H,21,22)/t18-/m1/s1. The van der Waals surface area contributed by atoms with Gasteiger partial charge in [0, 0.05) is 11.8 Å². The number of carbonyl (C=O) groups excluding carboxylic acids is 1. The summed E-state index contributed by atoms with van der Waals surface area (Å²) in [5.74, 6) is -0.221. The average Bonchev–Trinajstić information content (AvgIpc) is 2.61. The average molecular weight is 377 g/mol. The number of hydrogen-bond acceptors (Lipinski definition) is 4. The molecule has 0 unspecified atom stereocenters. The highest BCUT2D eigenvalue weighted by molar-refractivity contribution is 7.92. The van der Waals surface area contributed by atoms with Gasteiger partial charge in [-0.1, -0.05) is 24.6 Å². The first-order valence-corrected chi connectivity index (χ1v) is 10.2. The molecule has 7 heteroatoms. The van der Waals surface area contributed by atoms with E-state index in [9.17, 15) is 17.6 Å². The number of halogens is 1. The largest absolute Gasteiger partial charge is 0.489 e. The van der Waals surface area contributed by atoms with E-state index in [1.165, 1.54) is 12.1 Å². The monoisotopic (exact) mass is 377 g/mol. The lowest BCUT2D eigenvalue weighted by molar-refractivity contribution is -0.116. The van der Waals surface area contributed by atoms with Gasteiger partial charge in [-0.2, -0.15) is 0 Å². The number of benzene rings is 2. The van der Waals surface area contributed by atoms with Gasteiger partial charge in [-0.15, -0.1) is 0 Å². The van der Waals surface area contributed by atoms with Gasteiger partial charge < -0.3 is 10.1 Å². The summed E-state index contributed by atoms with van der Waals surface area (Å²) in [4.78, 5) is 12.3. The lowest BCUT2D eigenvalue weighted by atomic mass is 10.2. The van der Waals surface area contributed by atoms with E-state index >= 15 is 0 Å². The van der Waals surface area contributed by atoms with Gasteiger partial charge in [0.15, 0.2) is 9.84 Å². The van der Waals surface area contributed by atoms with Crippen molar-refractivity contribution in [2.24, 2.45) is 0 Å². The fourth-order valence-corrected chi connectivity index (χ4v) is 4.68. The van der Waals surface area contributed by atoms with Crippen LogP contribution < -0.4 is 10.1 Å². The molecule has 3 rings (SSSR count). The number of ether oxygens (including phenoxy) is 1. The third kappa shape index (κ3) is 4.60. The van der Waals surface area contributed by atoms with Crippen LogP contribution in [0.2, 0.25) is 0 Å². The molecule has 1 aliphatic rings. The molecule has 2 aromatic carbocycles. The second-order valence-corrected chi connectivity index (χ2v) is 8.59. The van der Waals surface area contributed by atoms with Gasteiger partial charge in [-0.25, -0.2) is 12.8 Å². The van der Waals surface area contributed by atoms with Crippen LogP contribution in [0.5, 0.6) is 5.75 Å². The molecule has 5 nitrogen and oxygen atoms in total. The van der Waals surface area contributed by atoms with E-state index in [1.54, 1.807) is 36.4 Å². The number of carbonyl (C=O) groups is 1. The molecule has 138 valence electrons. The molecule has 0 saturated carbocycles. The smallest absolute Gasteiger partial charge is 0.242 e. The fraction of sp³-hybridized carbons (Fsp3) is 0.316. The van der Waals surface area contributed by atoms with Gasteiger partial charge in [0.1, 0.15) is 23.4 Å². The zero-order valence-electron chi connectivity index (χ0n) is 14.2. The predicted molar refractivity (Wildman–Crippen MR) is 97.2 cm³/mol. The van der Waals surface area contributed by atoms with E-state index in [2.05, 4.69) is 5.32 Å². The Balaban J connectivity index is 1.63. The summed E-state index contributed by atoms with van der Waals surface area (Å²) >= 11 is 0. The van der Waals surface area contributed by atoms with E-state index in [4.69, 9.17) is 4.74 Å². The molecule has 0 bridgehead atoms. The maximum absolute atomic E-state index is 12.9. The summed E-state index contributed by atoms with van der Waals surface area (Å²) in [6.07, 6.45) is 1.70. The zero-order valence-corrected chi connectivity index (χ0v) is 15.0. The summed E-state index contributed by atoms with van der Waals surface area (Å²) in [5, 5.41) is 1.68. The number of hydrogen-bond donors (Lipinski definition) is 1. The molecular weight excluding hydrogens is 357 g/mol. The quantitative estimate of drug-likeness (QED) is 0.868. The van der Waals surface area contributed by atoms with Gasteiger partial charge in [0.25, 0.3) is 0 Å². The fourth-order valence-electron chi connectivity index (χ4n) is 2.88. The number of amides is 1. The van der Waals surface area contributed by atoms with Crippen LogP contribution in [0.15, 0.2) is 48.5 Å². The van der Waals surface area contributed by atoms with Crippen LogP contribution in [0.4, 0.5) is 10.1 Å². The first-order chi connectivity index (χ1) is 12.4. The topological polar surface area (TPSA) is 72.5 Å². The second-order valence-electron chi connectivity index (χ2n) is 6.28. The Bertz CT molecular complexity index is 881. The van der Waals surface area contributed by atoms with E-state index in [0.717, 1.165) is 12.0 Å². The summed E-state index contributed by atoms with van der Waals surface area (Å²) in [6.45, 7) is 0.259. The highest BCUT2D eigenvalue weighted by Gasteiger charge is 2.34. The second kappa shape index (κ2) is 7.86. The van der Waals surface area contributed by atoms with E-state index in [0.29, 0.717) is 24.3 Å². The number of rotatable bonds is 5.